The van der Waals surface area contributed by atoms with Crippen LogP contribution in [0, 0.1) is 0 Å². The quantitative estimate of drug-likeness (QED) is 0.455. The fourth-order valence-corrected chi connectivity index (χ4v) is 3.34. The summed E-state index contributed by atoms with van der Waals surface area (Å²) in [7, 11) is 4.04. The smallest absolute Gasteiger partial charge is 0.234 e. The van der Waals surface area contributed by atoms with Crippen LogP contribution in [0.15, 0.2) is 42.9 Å². The molecule has 0 spiro atoms. The molecule has 1 amide bonds. The molecule has 29 heavy (non-hydrogen) atoms. The maximum absolute atomic E-state index is 11.4. The molecule has 1 aromatic carbocycles. The Morgan fingerprint density at radius 1 is 1.10 bits per heavy atom. The molecule has 0 atom stereocenters. The second kappa shape index (κ2) is 9.89. The largest absolute Gasteiger partial charge is 0.378 e. The number of amides is 1. The van der Waals surface area contributed by atoms with Gasteiger partial charge in [0.2, 0.25) is 11.7 Å². The number of hydrogen-bond donors (Lipinski definition) is 3. The molecular weight excluding hydrogens is 404 g/mol. The zero-order chi connectivity index (χ0) is 20.8. The zero-order valence-corrected chi connectivity index (χ0v) is 18.4. The number of benzene rings is 1. The van der Waals surface area contributed by atoms with Crippen molar-refractivity contribution in [2.75, 3.05) is 55.0 Å². The van der Waals surface area contributed by atoms with E-state index in [1.165, 1.54) is 0 Å². The molecule has 2 heterocycles. The van der Waals surface area contributed by atoms with Crippen LogP contribution in [-0.2, 0) is 4.79 Å². The molecule has 7 nitrogen and oxygen atoms in total. The summed E-state index contributed by atoms with van der Waals surface area (Å²) in [6.45, 7) is 1.96. The molecule has 0 aliphatic heterocycles. The van der Waals surface area contributed by atoms with Gasteiger partial charge in [-0.25, -0.2) is 9.97 Å². The minimum atomic E-state index is -0.0766. The van der Waals surface area contributed by atoms with Gasteiger partial charge in [0.1, 0.15) is 0 Å². The van der Waals surface area contributed by atoms with Crippen LogP contribution < -0.4 is 15.1 Å². The first-order valence-corrected chi connectivity index (χ1v) is 10.6. The summed E-state index contributed by atoms with van der Waals surface area (Å²) in [4.78, 5) is 24.8. The van der Waals surface area contributed by atoms with Crippen LogP contribution in [0.3, 0.4) is 0 Å². The Hall–Kier alpha value is -2.39. The number of thiol groups is 2. The van der Waals surface area contributed by atoms with E-state index in [2.05, 4.69) is 74.6 Å². The molecule has 0 radical (unpaired) electrons. The van der Waals surface area contributed by atoms with Crippen LogP contribution in [-0.4, -0.2) is 65.5 Å². The fourth-order valence-electron chi connectivity index (χ4n) is 2.98. The lowest BCUT2D eigenvalue weighted by atomic mass is 10.1. The van der Waals surface area contributed by atoms with Crippen molar-refractivity contribution in [3.63, 3.8) is 0 Å². The Labute approximate surface area is 182 Å². The molecule has 2 aromatic heterocycles. The number of nitrogens with one attached hydrogen (secondary N) is 1. The lowest BCUT2D eigenvalue weighted by Crippen LogP contribution is -2.36. The maximum atomic E-state index is 11.4. The number of carbonyl (C=O) groups is 1. The van der Waals surface area contributed by atoms with Gasteiger partial charge >= 0.3 is 0 Å². The van der Waals surface area contributed by atoms with Crippen molar-refractivity contribution in [3.05, 3.63) is 42.9 Å². The number of aromatic nitrogens is 3. The average Bonchev–Trinajstić information content (AvgIpc) is 3.16. The highest BCUT2D eigenvalue weighted by molar-refractivity contribution is 7.81. The van der Waals surface area contributed by atoms with Gasteiger partial charge in [0, 0.05) is 63.1 Å². The van der Waals surface area contributed by atoms with Crippen molar-refractivity contribution < 1.29 is 4.79 Å². The third kappa shape index (κ3) is 5.36. The number of rotatable bonds is 9. The second-order valence-electron chi connectivity index (χ2n) is 6.81. The molecule has 154 valence electrons. The Kier molecular flexibility index (Phi) is 7.27. The van der Waals surface area contributed by atoms with Crippen molar-refractivity contribution in [1.82, 2.24) is 19.7 Å². The van der Waals surface area contributed by atoms with Gasteiger partial charge in [0.05, 0.1) is 23.3 Å². The van der Waals surface area contributed by atoms with Gasteiger partial charge in [-0.2, -0.15) is 25.3 Å². The summed E-state index contributed by atoms with van der Waals surface area (Å²) in [5.74, 6) is 1.46. The first kappa shape index (κ1) is 21.3. The predicted molar refractivity (Wildman–Crippen MR) is 126 cm³/mol. The van der Waals surface area contributed by atoms with Crippen molar-refractivity contribution >= 4 is 48.3 Å². The number of fused-ring (bicyclic) bond motifs is 1. The number of imidazole rings is 1. The third-order valence-corrected chi connectivity index (χ3v) is 5.05. The van der Waals surface area contributed by atoms with E-state index in [4.69, 9.17) is 0 Å². The fraction of sp³-hybridized carbons (Fsp3) is 0.350. The molecule has 0 aliphatic carbocycles. The van der Waals surface area contributed by atoms with E-state index in [1.54, 1.807) is 0 Å². The van der Waals surface area contributed by atoms with Gasteiger partial charge in [0.15, 0.2) is 0 Å². The summed E-state index contributed by atoms with van der Waals surface area (Å²) in [5, 5.41) is 2.84. The highest BCUT2D eigenvalue weighted by Gasteiger charge is 2.11. The Bertz CT molecular complexity index is 957. The highest BCUT2D eigenvalue weighted by atomic mass is 32.1. The zero-order valence-electron chi connectivity index (χ0n) is 16.6. The lowest BCUT2D eigenvalue weighted by Gasteiger charge is -2.23. The van der Waals surface area contributed by atoms with E-state index in [1.807, 2.05) is 37.1 Å². The summed E-state index contributed by atoms with van der Waals surface area (Å²) in [6, 6.07) is 8.28. The minimum Gasteiger partial charge on any atom is -0.378 e. The molecular formula is C20H26N6OS2. The van der Waals surface area contributed by atoms with Gasteiger partial charge in [-0.3, -0.25) is 9.20 Å². The Morgan fingerprint density at radius 3 is 2.52 bits per heavy atom. The predicted octanol–water partition coefficient (Wildman–Crippen LogP) is 2.24. The van der Waals surface area contributed by atoms with E-state index < -0.39 is 0 Å². The first-order valence-electron chi connectivity index (χ1n) is 9.37. The van der Waals surface area contributed by atoms with Gasteiger partial charge < -0.3 is 15.1 Å². The first-order chi connectivity index (χ1) is 14.0. The third-order valence-electron chi connectivity index (χ3n) is 4.56. The summed E-state index contributed by atoms with van der Waals surface area (Å²) in [6.07, 6.45) is 5.81. The Morgan fingerprint density at radius 2 is 1.86 bits per heavy atom. The summed E-state index contributed by atoms with van der Waals surface area (Å²) < 4.78 is 1.93. The van der Waals surface area contributed by atoms with Crippen molar-refractivity contribution in [2.24, 2.45) is 0 Å². The van der Waals surface area contributed by atoms with Crippen molar-refractivity contribution in [2.45, 2.75) is 0 Å². The lowest BCUT2D eigenvalue weighted by molar-refractivity contribution is -0.118. The van der Waals surface area contributed by atoms with E-state index in [0.29, 0.717) is 24.6 Å². The van der Waals surface area contributed by atoms with Crippen LogP contribution in [0.5, 0.6) is 0 Å². The molecule has 0 bridgehead atoms. The van der Waals surface area contributed by atoms with Crippen LogP contribution in [0.2, 0.25) is 0 Å². The van der Waals surface area contributed by atoms with Crippen LogP contribution in [0.4, 0.5) is 11.4 Å². The van der Waals surface area contributed by atoms with Crippen LogP contribution >= 0.6 is 25.3 Å². The van der Waals surface area contributed by atoms with E-state index in [-0.39, 0.29) is 11.7 Å². The number of anilines is 2. The molecule has 0 saturated heterocycles. The van der Waals surface area contributed by atoms with Gasteiger partial charge in [0.25, 0.3) is 0 Å². The second-order valence-corrected chi connectivity index (χ2v) is 7.57. The molecule has 0 aliphatic rings. The van der Waals surface area contributed by atoms with Gasteiger partial charge in [-0.15, -0.1) is 0 Å². The van der Waals surface area contributed by atoms with Gasteiger partial charge in [-0.1, -0.05) is 12.1 Å². The molecule has 1 N–H and O–H groups in total. The molecule has 0 saturated carbocycles. The standard InChI is InChI=1S/C20H26N6OS2/c1-24(2)16-5-3-15(4-6-16)18-13-26-12-17(11-22-20(26)23-18)25(9-10-28)8-7-21-19(27)14-29/h3-6,11-13,28-29H,7-10,14H2,1-2H3,(H,21,27). The average molecular weight is 431 g/mol. The topological polar surface area (TPSA) is 65.8 Å². The highest BCUT2D eigenvalue weighted by Crippen LogP contribution is 2.23. The number of nitrogens with zero attached hydrogens (tertiary/aromatic N) is 5. The molecule has 0 unspecified atom stereocenters. The molecule has 3 rings (SSSR count). The normalized spacial score (nSPS) is 10.9. The summed E-state index contributed by atoms with van der Waals surface area (Å²) >= 11 is 8.33. The molecule has 0 fully saturated rings. The Balaban J connectivity index is 1.80. The van der Waals surface area contributed by atoms with Crippen molar-refractivity contribution in [1.29, 1.82) is 0 Å². The number of hydrogen-bond acceptors (Lipinski definition) is 7. The minimum absolute atomic E-state index is 0.0766. The van der Waals surface area contributed by atoms with E-state index >= 15 is 0 Å². The SMILES string of the molecule is CN(C)c1ccc(-c2cn3cc(N(CCS)CCNC(=O)CS)cnc3n2)cc1. The number of carbonyl (C=O) groups excluding carboxylic acids is 1. The monoisotopic (exact) mass is 430 g/mol. The van der Waals surface area contributed by atoms with Crippen molar-refractivity contribution in [3.8, 4) is 11.3 Å². The maximum Gasteiger partial charge on any atom is 0.234 e. The van der Waals surface area contributed by atoms with E-state index in [0.717, 1.165) is 29.2 Å². The van der Waals surface area contributed by atoms with Crippen LogP contribution in [0.25, 0.3) is 17.0 Å². The van der Waals surface area contributed by atoms with E-state index in [9.17, 15) is 4.79 Å². The van der Waals surface area contributed by atoms with Crippen LogP contribution in [0.1, 0.15) is 0 Å². The van der Waals surface area contributed by atoms with Gasteiger partial charge in [-0.05, 0) is 12.1 Å². The molecule has 3 aromatic rings. The summed E-state index contributed by atoms with van der Waals surface area (Å²) in [5.41, 5.74) is 4.02. The molecule has 9 heteroatoms.